The van der Waals surface area contributed by atoms with Crippen molar-refractivity contribution >= 4 is 0 Å². The number of hydrogen-bond acceptors (Lipinski definition) is 4. The van der Waals surface area contributed by atoms with Crippen LogP contribution in [0.5, 0.6) is 5.75 Å². The van der Waals surface area contributed by atoms with E-state index in [1.807, 2.05) is 0 Å². The van der Waals surface area contributed by atoms with E-state index in [2.05, 4.69) is 12.2 Å². The lowest BCUT2D eigenvalue weighted by Gasteiger charge is -2.16. The van der Waals surface area contributed by atoms with Crippen molar-refractivity contribution in [2.24, 2.45) is 0 Å². The summed E-state index contributed by atoms with van der Waals surface area (Å²) >= 11 is 0. The normalized spacial score (nSPS) is 21.7. The van der Waals surface area contributed by atoms with Gasteiger partial charge in [0.2, 0.25) is 0 Å². The van der Waals surface area contributed by atoms with Crippen molar-refractivity contribution in [3.63, 3.8) is 0 Å². The first-order valence-corrected chi connectivity index (χ1v) is 7.45. The Kier molecular flexibility index (Phi) is 6.42. The zero-order valence-corrected chi connectivity index (χ0v) is 12.7. The molecule has 1 aliphatic rings. The van der Waals surface area contributed by atoms with Gasteiger partial charge in [-0.2, -0.15) is 0 Å². The summed E-state index contributed by atoms with van der Waals surface area (Å²) in [5, 5.41) is 3.20. The largest absolute Gasteiger partial charge is 0.491 e. The minimum atomic E-state index is -0.253. The fourth-order valence-electron chi connectivity index (χ4n) is 2.41. The minimum absolute atomic E-state index is 0.138. The summed E-state index contributed by atoms with van der Waals surface area (Å²) in [4.78, 5) is 0. The Hall–Kier alpha value is -1.17. The van der Waals surface area contributed by atoms with Crippen molar-refractivity contribution in [3.05, 3.63) is 29.6 Å². The Morgan fingerprint density at radius 2 is 2.24 bits per heavy atom. The van der Waals surface area contributed by atoms with Crippen molar-refractivity contribution in [3.8, 4) is 5.75 Å². The quantitative estimate of drug-likeness (QED) is 0.748. The predicted molar refractivity (Wildman–Crippen MR) is 79.0 cm³/mol. The summed E-state index contributed by atoms with van der Waals surface area (Å²) in [6.45, 7) is 4.48. The molecule has 0 saturated carbocycles. The van der Waals surface area contributed by atoms with E-state index in [-0.39, 0.29) is 11.9 Å². The molecule has 0 aromatic heterocycles. The maximum atomic E-state index is 13.4. The van der Waals surface area contributed by atoms with Gasteiger partial charge < -0.3 is 19.5 Å². The van der Waals surface area contributed by atoms with Gasteiger partial charge in [0.15, 0.2) is 0 Å². The van der Waals surface area contributed by atoms with Gasteiger partial charge in [0.25, 0.3) is 0 Å². The molecule has 1 aliphatic heterocycles. The number of nitrogens with one attached hydrogen (secondary N) is 1. The molecule has 0 aliphatic carbocycles. The molecule has 0 amide bonds. The van der Waals surface area contributed by atoms with Crippen LogP contribution in [0, 0.1) is 5.82 Å². The van der Waals surface area contributed by atoms with Crippen LogP contribution in [0.25, 0.3) is 0 Å². The Morgan fingerprint density at radius 1 is 1.38 bits per heavy atom. The molecule has 5 heteroatoms. The number of benzene rings is 1. The fraction of sp³-hybridized carbons (Fsp3) is 0.625. The van der Waals surface area contributed by atoms with E-state index in [4.69, 9.17) is 14.2 Å². The average Bonchev–Trinajstić information content (AvgIpc) is 2.88. The maximum absolute atomic E-state index is 13.4. The van der Waals surface area contributed by atoms with Crippen LogP contribution in [0.1, 0.15) is 25.3 Å². The summed E-state index contributed by atoms with van der Waals surface area (Å²) in [6, 6.07) is 4.61. The second-order valence-electron chi connectivity index (χ2n) is 5.38. The molecular weight excluding hydrogens is 273 g/mol. The van der Waals surface area contributed by atoms with Crippen LogP contribution in [-0.4, -0.2) is 39.1 Å². The Balaban J connectivity index is 1.88. The third-order valence-electron chi connectivity index (χ3n) is 3.57. The zero-order valence-electron chi connectivity index (χ0n) is 12.7. The van der Waals surface area contributed by atoms with Crippen molar-refractivity contribution < 1.29 is 18.6 Å². The van der Waals surface area contributed by atoms with E-state index in [0.717, 1.165) is 24.9 Å². The molecule has 0 bridgehead atoms. The number of methoxy groups -OCH3 is 1. The lowest BCUT2D eigenvalue weighted by Crippen LogP contribution is -2.21. The van der Waals surface area contributed by atoms with Crippen LogP contribution in [-0.2, 0) is 16.0 Å². The molecular formula is C16H24FNO3. The van der Waals surface area contributed by atoms with Gasteiger partial charge in [-0.3, -0.25) is 0 Å². The monoisotopic (exact) mass is 297 g/mol. The van der Waals surface area contributed by atoms with Gasteiger partial charge in [-0.1, -0.05) is 0 Å². The van der Waals surface area contributed by atoms with Crippen molar-refractivity contribution in [1.29, 1.82) is 0 Å². The van der Waals surface area contributed by atoms with Crippen LogP contribution < -0.4 is 10.1 Å². The first-order chi connectivity index (χ1) is 10.2. The third-order valence-corrected chi connectivity index (χ3v) is 3.57. The molecule has 2 unspecified atom stereocenters. The highest BCUT2D eigenvalue weighted by molar-refractivity contribution is 5.34. The first kappa shape index (κ1) is 16.2. The van der Waals surface area contributed by atoms with E-state index in [1.54, 1.807) is 13.2 Å². The van der Waals surface area contributed by atoms with E-state index in [9.17, 15) is 4.39 Å². The van der Waals surface area contributed by atoms with Gasteiger partial charge in [0.1, 0.15) is 18.2 Å². The fourth-order valence-corrected chi connectivity index (χ4v) is 2.41. The molecule has 1 heterocycles. The van der Waals surface area contributed by atoms with Gasteiger partial charge >= 0.3 is 0 Å². The minimum Gasteiger partial charge on any atom is -0.491 e. The smallest absolute Gasteiger partial charge is 0.124 e. The molecule has 118 valence electrons. The molecule has 1 saturated heterocycles. The van der Waals surface area contributed by atoms with E-state index in [1.165, 1.54) is 12.1 Å². The van der Waals surface area contributed by atoms with E-state index >= 15 is 0 Å². The molecule has 1 aromatic rings. The van der Waals surface area contributed by atoms with Gasteiger partial charge in [-0.25, -0.2) is 4.39 Å². The van der Waals surface area contributed by atoms with Crippen LogP contribution in [0.15, 0.2) is 18.2 Å². The highest BCUT2D eigenvalue weighted by atomic mass is 19.1. The summed E-state index contributed by atoms with van der Waals surface area (Å²) in [6.07, 6.45) is 2.54. The predicted octanol–water partition coefficient (Wildman–Crippen LogP) is 2.51. The van der Waals surface area contributed by atoms with Crippen molar-refractivity contribution in [2.45, 2.75) is 38.5 Å². The number of rotatable bonds is 8. The summed E-state index contributed by atoms with van der Waals surface area (Å²) < 4.78 is 29.9. The molecule has 21 heavy (non-hydrogen) atoms. The Labute approximate surface area is 125 Å². The molecule has 4 nitrogen and oxygen atoms in total. The SMILES string of the molecule is COCCNCc1cc(F)ccc1OCC1CCC(C)O1. The van der Waals surface area contributed by atoms with E-state index < -0.39 is 0 Å². The molecule has 2 atom stereocenters. The number of hydrogen-bond donors (Lipinski definition) is 1. The highest BCUT2D eigenvalue weighted by Crippen LogP contribution is 2.23. The van der Waals surface area contributed by atoms with Gasteiger partial charge in [-0.15, -0.1) is 0 Å². The maximum Gasteiger partial charge on any atom is 0.124 e. The van der Waals surface area contributed by atoms with Gasteiger partial charge in [-0.05, 0) is 38.0 Å². The molecule has 1 aromatic carbocycles. The second kappa shape index (κ2) is 8.32. The summed E-state index contributed by atoms with van der Waals surface area (Å²) in [7, 11) is 1.65. The first-order valence-electron chi connectivity index (χ1n) is 7.45. The number of ether oxygens (including phenoxy) is 3. The van der Waals surface area contributed by atoms with Crippen LogP contribution >= 0.6 is 0 Å². The van der Waals surface area contributed by atoms with Crippen molar-refractivity contribution in [2.75, 3.05) is 26.9 Å². The summed E-state index contributed by atoms with van der Waals surface area (Å²) in [5.41, 5.74) is 0.817. The van der Waals surface area contributed by atoms with Crippen LogP contribution in [0.2, 0.25) is 0 Å². The molecule has 2 rings (SSSR count). The number of halogens is 1. The Morgan fingerprint density at radius 3 is 2.95 bits per heavy atom. The molecule has 0 radical (unpaired) electrons. The van der Waals surface area contributed by atoms with E-state index in [0.29, 0.717) is 31.6 Å². The molecule has 1 fully saturated rings. The Bertz CT molecular complexity index is 442. The second-order valence-corrected chi connectivity index (χ2v) is 5.38. The third kappa shape index (κ3) is 5.26. The standard InChI is InChI=1S/C16H24FNO3/c1-12-3-5-15(21-12)11-20-16-6-4-14(17)9-13(16)10-18-7-8-19-2/h4,6,9,12,15,18H,3,5,7-8,10-11H2,1-2H3. The van der Waals surface area contributed by atoms with Gasteiger partial charge in [0, 0.05) is 25.8 Å². The van der Waals surface area contributed by atoms with Crippen LogP contribution in [0.3, 0.4) is 0 Å². The topological polar surface area (TPSA) is 39.7 Å². The lowest BCUT2D eigenvalue weighted by atomic mass is 10.2. The highest BCUT2D eigenvalue weighted by Gasteiger charge is 2.22. The zero-order chi connectivity index (χ0) is 15.1. The average molecular weight is 297 g/mol. The van der Waals surface area contributed by atoms with Crippen LogP contribution in [0.4, 0.5) is 4.39 Å². The molecule has 1 N–H and O–H groups in total. The lowest BCUT2D eigenvalue weighted by molar-refractivity contribution is 0.0262. The van der Waals surface area contributed by atoms with Gasteiger partial charge in [0.05, 0.1) is 18.8 Å². The van der Waals surface area contributed by atoms with Crippen molar-refractivity contribution in [1.82, 2.24) is 5.32 Å². The summed E-state index contributed by atoms with van der Waals surface area (Å²) in [5.74, 6) is 0.459. The molecule has 0 spiro atoms.